The molecule has 2 aromatic rings. The summed E-state index contributed by atoms with van der Waals surface area (Å²) in [7, 11) is 0. The molecule has 6 heteroatoms. The molecule has 0 fully saturated rings. The van der Waals surface area contributed by atoms with Gasteiger partial charge >= 0.3 is 0 Å². The van der Waals surface area contributed by atoms with Gasteiger partial charge in [0.05, 0.1) is 6.04 Å². The molecule has 16 heavy (non-hydrogen) atoms. The minimum absolute atomic E-state index is 0.224. The molecular weight excluding hydrogens is 232 g/mol. The first-order chi connectivity index (χ1) is 7.65. The first-order valence-corrected chi connectivity index (χ1v) is 5.52. The summed E-state index contributed by atoms with van der Waals surface area (Å²) < 4.78 is 25.9. The number of halogens is 2. The molecule has 0 aliphatic rings. The SMILES string of the molecule is CC(Nc1nncs1)c1cc(F)cc(F)c1. The lowest BCUT2D eigenvalue weighted by Gasteiger charge is -2.12. The van der Waals surface area contributed by atoms with E-state index in [0.29, 0.717) is 10.7 Å². The average molecular weight is 241 g/mol. The minimum atomic E-state index is -0.582. The summed E-state index contributed by atoms with van der Waals surface area (Å²) in [6.07, 6.45) is 0. The maximum atomic E-state index is 13.0. The third kappa shape index (κ3) is 2.52. The fourth-order valence-electron chi connectivity index (χ4n) is 1.33. The minimum Gasteiger partial charge on any atom is -0.354 e. The van der Waals surface area contributed by atoms with Crippen LogP contribution in [0.5, 0.6) is 0 Å². The van der Waals surface area contributed by atoms with Gasteiger partial charge in [0, 0.05) is 6.07 Å². The second-order valence-electron chi connectivity index (χ2n) is 3.31. The van der Waals surface area contributed by atoms with E-state index in [1.165, 1.54) is 23.5 Å². The Balaban J connectivity index is 2.17. The zero-order valence-corrected chi connectivity index (χ0v) is 9.26. The molecule has 0 saturated heterocycles. The van der Waals surface area contributed by atoms with Crippen LogP contribution in [-0.2, 0) is 0 Å². The van der Waals surface area contributed by atoms with Crippen molar-refractivity contribution in [2.45, 2.75) is 13.0 Å². The fraction of sp³-hybridized carbons (Fsp3) is 0.200. The summed E-state index contributed by atoms with van der Waals surface area (Å²) >= 11 is 1.33. The monoisotopic (exact) mass is 241 g/mol. The molecule has 0 aliphatic heterocycles. The third-order valence-electron chi connectivity index (χ3n) is 2.08. The second-order valence-corrected chi connectivity index (χ2v) is 4.15. The van der Waals surface area contributed by atoms with Crippen LogP contribution in [0, 0.1) is 11.6 Å². The zero-order chi connectivity index (χ0) is 11.5. The lowest BCUT2D eigenvalue weighted by atomic mass is 10.1. The lowest BCUT2D eigenvalue weighted by molar-refractivity contribution is 0.577. The molecule has 0 amide bonds. The lowest BCUT2D eigenvalue weighted by Crippen LogP contribution is -2.07. The number of hydrogen-bond donors (Lipinski definition) is 1. The van der Waals surface area contributed by atoms with Gasteiger partial charge in [-0.3, -0.25) is 0 Å². The first kappa shape index (κ1) is 10.9. The topological polar surface area (TPSA) is 37.8 Å². The average Bonchev–Trinajstić information content (AvgIpc) is 2.68. The second kappa shape index (κ2) is 4.52. The molecule has 0 saturated carbocycles. The Labute approximate surface area is 95.1 Å². The maximum absolute atomic E-state index is 13.0. The normalized spacial score (nSPS) is 12.4. The molecule has 3 nitrogen and oxygen atoms in total. The molecule has 2 rings (SSSR count). The van der Waals surface area contributed by atoms with Crippen molar-refractivity contribution in [3.8, 4) is 0 Å². The highest BCUT2D eigenvalue weighted by Crippen LogP contribution is 2.21. The fourth-order valence-corrected chi connectivity index (χ4v) is 1.86. The van der Waals surface area contributed by atoms with Gasteiger partial charge in [-0.2, -0.15) is 0 Å². The Morgan fingerprint density at radius 1 is 1.25 bits per heavy atom. The summed E-state index contributed by atoms with van der Waals surface area (Å²) in [6, 6.07) is 3.21. The van der Waals surface area contributed by atoms with Crippen molar-refractivity contribution in [2.24, 2.45) is 0 Å². The molecule has 0 spiro atoms. The summed E-state index contributed by atoms with van der Waals surface area (Å²) in [4.78, 5) is 0. The van der Waals surface area contributed by atoms with E-state index in [1.807, 2.05) is 0 Å². The Hall–Kier alpha value is -1.56. The molecule has 1 aromatic heterocycles. The Morgan fingerprint density at radius 3 is 2.50 bits per heavy atom. The van der Waals surface area contributed by atoms with Gasteiger partial charge in [-0.25, -0.2) is 8.78 Å². The van der Waals surface area contributed by atoms with Gasteiger partial charge in [0.1, 0.15) is 17.1 Å². The van der Waals surface area contributed by atoms with Crippen molar-refractivity contribution >= 4 is 16.5 Å². The Morgan fingerprint density at radius 2 is 1.94 bits per heavy atom. The summed E-state index contributed by atoms with van der Waals surface area (Å²) in [5.41, 5.74) is 2.12. The predicted octanol–water partition coefficient (Wildman–Crippen LogP) is 2.99. The van der Waals surface area contributed by atoms with Crippen LogP contribution in [0.1, 0.15) is 18.5 Å². The molecule has 0 bridgehead atoms. The van der Waals surface area contributed by atoms with Crippen LogP contribution in [0.3, 0.4) is 0 Å². The quantitative estimate of drug-likeness (QED) is 0.897. The van der Waals surface area contributed by atoms with Crippen LogP contribution in [0.2, 0.25) is 0 Å². The molecule has 1 N–H and O–H groups in total. The van der Waals surface area contributed by atoms with Crippen LogP contribution in [0.15, 0.2) is 23.7 Å². The number of hydrogen-bond acceptors (Lipinski definition) is 4. The molecule has 0 aliphatic carbocycles. The van der Waals surface area contributed by atoms with Gasteiger partial charge < -0.3 is 5.32 Å². The van der Waals surface area contributed by atoms with Crippen molar-refractivity contribution in [2.75, 3.05) is 5.32 Å². The smallest absolute Gasteiger partial charge is 0.205 e. The van der Waals surface area contributed by atoms with E-state index in [2.05, 4.69) is 15.5 Å². The van der Waals surface area contributed by atoms with Crippen LogP contribution in [0.4, 0.5) is 13.9 Å². The molecule has 1 aromatic carbocycles. The van der Waals surface area contributed by atoms with Gasteiger partial charge in [0.2, 0.25) is 5.13 Å². The number of aromatic nitrogens is 2. The predicted molar refractivity (Wildman–Crippen MR) is 58.3 cm³/mol. The van der Waals surface area contributed by atoms with E-state index in [0.717, 1.165) is 6.07 Å². The maximum Gasteiger partial charge on any atom is 0.205 e. The van der Waals surface area contributed by atoms with Gasteiger partial charge in [0.15, 0.2) is 0 Å². The zero-order valence-electron chi connectivity index (χ0n) is 8.45. The van der Waals surface area contributed by atoms with E-state index >= 15 is 0 Å². The van der Waals surface area contributed by atoms with Gasteiger partial charge in [-0.15, -0.1) is 10.2 Å². The molecular formula is C10H9F2N3S. The molecule has 1 heterocycles. The van der Waals surface area contributed by atoms with Crippen molar-refractivity contribution in [3.05, 3.63) is 40.9 Å². The van der Waals surface area contributed by atoms with E-state index in [-0.39, 0.29) is 6.04 Å². The third-order valence-corrected chi connectivity index (χ3v) is 2.71. The molecule has 84 valence electrons. The van der Waals surface area contributed by atoms with Crippen molar-refractivity contribution in [3.63, 3.8) is 0 Å². The van der Waals surface area contributed by atoms with E-state index in [9.17, 15) is 8.78 Å². The molecule has 1 atom stereocenters. The molecule has 0 radical (unpaired) electrons. The van der Waals surface area contributed by atoms with E-state index in [4.69, 9.17) is 0 Å². The highest BCUT2D eigenvalue weighted by Gasteiger charge is 2.09. The van der Waals surface area contributed by atoms with Crippen LogP contribution >= 0.6 is 11.3 Å². The Bertz CT molecular complexity index is 453. The number of anilines is 1. The van der Waals surface area contributed by atoms with Crippen molar-refractivity contribution in [1.29, 1.82) is 0 Å². The summed E-state index contributed by atoms with van der Waals surface area (Å²) in [5.74, 6) is -1.16. The number of nitrogens with one attached hydrogen (secondary N) is 1. The number of benzene rings is 1. The van der Waals surface area contributed by atoms with Crippen LogP contribution in [0.25, 0.3) is 0 Å². The van der Waals surface area contributed by atoms with E-state index in [1.54, 1.807) is 12.4 Å². The standard InChI is InChI=1S/C10H9F2N3S/c1-6(14-10-15-13-5-16-10)7-2-8(11)4-9(12)3-7/h2-6H,1H3,(H,14,15). The van der Waals surface area contributed by atoms with Gasteiger partial charge in [-0.1, -0.05) is 11.3 Å². The van der Waals surface area contributed by atoms with Gasteiger partial charge in [-0.05, 0) is 24.6 Å². The summed E-state index contributed by atoms with van der Waals surface area (Å²) in [5, 5.41) is 11.1. The Kier molecular flexibility index (Phi) is 3.09. The van der Waals surface area contributed by atoms with E-state index < -0.39 is 11.6 Å². The molecule has 1 unspecified atom stereocenters. The van der Waals surface area contributed by atoms with Crippen molar-refractivity contribution < 1.29 is 8.78 Å². The van der Waals surface area contributed by atoms with Gasteiger partial charge in [0.25, 0.3) is 0 Å². The first-order valence-electron chi connectivity index (χ1n) is 4.64. The van der Waals surface area contributed by atoms with Crippen molar-refractivity contribution in [1.82, 2.24) is 10.2 Å². The van der Waals surface area contributed by atoms with Crippen LogP contribution in [-0.4, -0.2) is 10.2 Å². The van der Waals surface area contributed by atoms with Crippen LogP contribution < -0.4 is 5.32 Å². The largest absolute Gasteiger partial charge is 0.354 e. The highest BCUT2D eigenvalue weighted by atomic mass is 32.1. The highest BCUT2D eigenvalue weighted by molar-refractivity contribution is 7.13. The number of rotatable bonds is 3. The summed E-state index contributed by atoms with van der Waals surface area (Å²) in [6.45, 7) is 1.80. The number of nitrogens with zero attached hydrogens (tertiary/aromatic N) is 2.